The SMILES string of the molecule is C=C(C)C1CCC(C)=C[C@H]1c1c(O[C@H]2O[C@@H](CO)[C@H](O)[C@@H](O[C@H]3O[C@@H](CO)[C@H](O)[C@@H](O)[C@@H]3O)[C@@H]2O)cc(CCCCC)cc1O[C@@H]1O[C@H](CO)[C@@H](O)[C@H](O[C@@H]2O[C@H](CO)[C@@H](O)[C@H](O[C@@H]3O[C@H](CO)[C@@H](O)[C@H](O)[C@H]3O)[C@H]2O)[C@H]1O. The zero-order valence-corrected chi connectivity index (χ0v) is 43.5. The van der Waals surface area contributed by atoms with Crippen LogP contribution < -0.4 is 9.47 Å². The highest BCUT2D eigenvalue weighted by atomic mass is 16.8. The van der Waals surface area contributed by atoms with Crippen molar-refractivity contribution >= 4 is 0 Å². The number of rotatable bonds is 21. The van der Waals surface area contributed by atoms with Crippen molar-refractivity contribution in [1.82, 2.24) is 0 Å². The van der Waals surface area contributed by atoms with E-state index in [9.17, 15) is 86.8 Å². The van der Waals surface area contributed by atoms with E-state index >= 15 is 0 Å². The zero-order valence-electron chi connectivity index (χ0n) is 43.5. The maximum absolute atomic E-state index is 12.2. The smallest absolute Gasteiger partial charge is 0.229 e. The molecule has 5 aliphatic heterocycles. The minimum atomic E-state index is -2.10. The lowest BCUT2D eigenvalue weighted by molar-refractivity contribution is -0.378. The summed E-state index contributed by atoms with van der Waals surface area (Å²) in [5, 5.41) is 184. The van der Waals surface area contributed by atoms with Gasteiger partial charge in [-0.25, -0.2) is 0 Å². The van der Waals surface area contributed by atoms with Crippen molar-refractivity contribution < 1.29 is 134 Å². The second-order valence-electron chi connectivity index (χ2n) is 21.0. The molecule has 0 radical (unpaired) electrons. The molecule has 1 aromatic carbocycles. The first-order valence-corrected chi connectivity index (χ1v) is 26.4. The van der Waals surface area contributed by atoms with Crippen LogP contribution in [0.5, 0.6) is 11.5 Å². The molecule has 1 unspecified atom stereocenters. The second-order valence-corrected chi connectivity index (χ2v) is 21.0. The summed E-state index contributed by atoms with van der Waals surface area (Å²) in [7, 11) is 0. The third-order valence-electron chi connectivity index (χ3n) is 15.5. The molecule has 0 amide bonds. The van der Waals surface area contributed by atoms with Gasteiger partial charge in [0, 0.05) is 11.5 Å². The first-order valence-electron chi connectivity index (χ1n) is 26.4. The fraction of sp³-hybridized carbons (Fsp3) is 0.804. The Morgan fingerprint density at radius 3 is 1.23 bits per heavy atom. The van der Waals surface area contributed by atoms with Crippen molar-refractivity contribution in [3.8, 4) is 11.5 Å². The number of aliphatic hydroxyl groups excluding tert-OH is 17. The normalized spacial score (nSPS) is 44.4. The van der Waals surface area contributed by atoms with E-state index < -0.39 is 192 Å². The first kappa shape index (κ1) is 62.9. The average molecular weight is 1130 g/mol. The van der Waals surface area contributed by atoms with E-state index in [4.69, 9.17) is 47.4 Å². The highest BCUT2D eigenvalue weighted by Gasteiger charge is 2.56. The van der Waals surface area contributed by atoms with Gasteiger partial charge in [-0.2, -0.15) is 0 Å². The highest BCUT2D eigenvalue weighted by Crippen LogP contribution is 2.49. The fourth-order valence-corrected chi connectivity index (χ4v) is 10.8. The summed E-state index contributed by atoms with van der Waals surface area (Å²) in [6, 6.07) is 3.34. The van der Waals surface area contributed by atoms with Crippen LogP contribution in [0.4, 0.5) is 0 Å². The van der Waals surface area contributed by atoms with E-state index in [1.807, 2.05) is 26.8 Å². The van der Waals surface area contributed by atoms with Gasteiger partial charge in [-0.15, -0.1) is 0 Å². The van der Waals surface area contributed by atoms with E-state index in [-0.39, 0.29) is 23.0 Å². The molecule has 5 heterocycles. The Kier molecular flexibility index (Phi) is 22.2. The molecule has 0 aromatic heterocycles. The summed E-state index contributed by atoms with van der Waals surface area (Å²) < 4.78 is 59.6. The molecule has 7 rings (SSSR count). The lowest BCUT2D eigenvalue weighted by atomic mass is 9.73. The third kappa shape index (κ3) is 13.4. The minimum absolute atomic E-state index is 0.000602. The molecule has 17 N–H and O–H groups in total. The summed E-state index contributed by atoms with van der Waals surface area (Å²) >= 11 is 0. The Labute approximate surface area is 449 Å². The van der Waals surface area contributed by atoms with Gasteiger partial charge >= 0.3 is 0 Å². The van der Waals surface area contributed by atoms with E-state index in [2.05, 4.69) is 6.58 Å². The van der Waals surface area contributed by atoms with Crippen molar-refractivity contribution in [2.45, 2.75) is 219 Å². The minimum Gasteiger partial charge on any atom is -0.462 e. The number of aliphatic hydroxyl groups is 17. The number of hydrogen-bond acceptors (Lipinski definition) is 27. The summed E-state index contributed by atoms with van der Waals surface area (Å²) in [5.74, 6) is -0.943. The molecule has 0 saturated carbocycles. The number of benzene rings is 1. The molecule has 1 aromatic rings. The first-order chi connectivity index (χ1) is 37.1. The van der Waals surface area contributed by atoms with Crippen molar-refractivity contribution in [3.05, 3.63) is 47.1 Å². The summed E-state index contributed by atoms with van der Waals surface area (Å²) in [6.07, 6.45) is -39.6. The maximum Gasteiger partial charge on any atom is 0.229 e. The molecule has 27 nitrogen and oxygen atoms in total. The van der Waals surface area contributed by atoms with Gasteiger partial charge < -0.3 is 134 Å². The molecule has 78 heavy (non-hydrogen) atoms. The number of aryl methyl sites for hydroxylation is 1. The van der Waals surface area contributed by atoms with Crippen LogP contribution in [0.15, 0.2) is 35.9 Å². The molecule has 6 aliphatic rings. The molecule has 446 valence electrons. The molecule has 27 atom stereocenters. The molecular weight excluding hydrogens is 1040 g/mol. The van der Waals surface area contributed by atoms with Crippen molar-refractivity contribution in [1.29, 1.82) is 0 Å². The number of hydrogen-bond donors (Lipinski definition) is 17. The monoisotopic (exact) mass is 1120 g/mol. The predicted molar refractivity (Wildman–Crippen MR) is 260 cm³/mol. The van der Waals surface area contributed by atoms with Crippen LogP contribution in [0.1, 0.15) is 69.9 Å². The van der Waals surface area contributed by atoms with Crippen LogP contribution in [0, 0.1) is 5.92 Å². The topological polar surface area (TPSA) is 436 Å². The quantitative estimate of drug-likeness (QED) is 0.0403. The van der Waals surface area contributed by atoms with E-state index in [0.717, 1.165) is 24.0 Å². The van der Waals surface area contributed by atoms with Gasteiger partial charge in [0.15, 0.2) is 18.9 Å². The Balaban J connectivity index is 1.25. The van der Waals surface area contributed by atoms with Crippen molar-refractivity contribution in [3.63, 3.8) is 0 Å². The maximum atomic E-state index is 12.2. The summed E-state index contributed by atoms with van der Waals surface area (Å²) in [6.45, 7) is 5.69. The molecule has 0 bridgehead atoms. The van der Waals surface area contributed by atoms with Crippen LogP contribution >= 0.6 is 0 Å². The van der Waals surface area contributed by atoms with Gasteiger partial charge in [0.05, 0.1) is 33.0 Å². The average Bonchev–Trinajstić information content (AvgIpc) is 3.56. The predicted octanol–water partition coefficient (Wildman–Crippen LogP) is -5.73. The van der Waals surface area contributed by atoms with E-state index in [1.54, 1.807) is 12.1 Å². The molecule has 5 saturated heterocycles. The third-order valence-corrected chi connectivity index (χ3v) is 15.5. The summed E-state index contributed by atoms with van der Waals surface area (Å²) in [4.78, 5) is 0. The molecule has 27 heteroatoms. The van der Waals surface area contributed by atoms with Gasteiger partial charge in [0.25, 0.3) is 0 Å². The van der Waals surface area contributed by atoms with Crippen LogP contribution in [0.3, 0.4) is 0 Å². The lowest BCUT2D eigenvalue weighted by Gasteiger charge is -2.48. The van der Waals surface area contributed by atoms with Gasteiger partial charge in [0.1, 0.15) is 134 Å². The van der Waals surface area contributed by atoms with E-state index in [1.165, 1.54) is 0 Å². The van der Waals surface area contributed by atoms with Gasteiger partial charge in [-0.3, -0.25) is 0 Å². The molecular formula is C51H80O27. The highest BCUT2D eigenvalue weighted by molar-refractivity contribution is 5.53. The number of ether oxygens (including phenoxy) is 10. The van der Waals surface area contributed by atoms with Gasteiger partial charge in [-0.1, -0.05) is 43.6 Å². The van der Waals surface area contributed by atoms with E-state index in [0.29, 0.717) is 31.2 Å². The van der Waals surface area contributed by atoms with Crippen molar-refractivity contribution in [2.24, 2.45) is 5.92 Å². The van der Waals surface area contributed by atoms with Gasteiger partial charge in [-0.05, 0) is 63.1 Å². The standard InChI is InChI=1S/C51H80O27/c1-5-6-7-8-21-12-24(69-49-41(66)44(34(59)28(16-54)73-49)76-47-39(64)37(62)32(57)26(14-52)71-47)31(23-11-20(4)9-10-22(23)19(2)3)25(13-21)70-50-42(67)45(35(60)29(17-55)74-50)78-51-43(68)46(36(61)30(18-56)75-51)77-48-40(65)38(63)33(58)27(15-53)72-48/h11-13,22-23,26-30,32-68H,2,5-10,14-18H2,1,3-4H3/t22?,23-,26+,27-,28+,29-,30-,32+,33-,34+,35-,36-,37-,38+,39+,40-,41+,42-,43-,44-,45+,46+,47-,48+,49+,50-,51+/m1/s1. The second kappa shape index (κ2) is 27.6. The molecule has 5 fully saturated rings. The largest absolute Gasteiger partial charge is 0.462 e. The van der Waals surface area contributed by atoms with Gasteiger partial charge in [0.2, 0.25) is 12.6 Å². The summed E-state index contributed by atoms with van der Waals surface area (Å²) in [5.41, 5.74) is 2.54. The van der Waals surface area contributed by atoms with Crippen LogP contribution in [-0.2, 0) is 44.3 Å². The lowest BCUT2D eigenvalue weighted by Crippen LogP contribution is -2.67. The Morgan fingerprint density at radius 1 is 0.500 bits per heavy atom. The zero-order chi connectivity index (χ0) is 57.0. The number of unbranched alkanes of at least 4 members (excludes halogenated alkanes) is 2. The van der Waals surface area contributed by atoms with Crippen molar-refractivity contribution in [2.75, 3.05) is 33.0 Å². The van der Waals surface area contributed by atoms with Crippen LogP contribution in [0.25, 0.3) is 0 Å². The van der Waals surface area contributed by atoms with Crippen LogP contribution in [0.2, 0.25) is 0 Å². The molecule has 1 aliphatic carbocycles. The Bertz CT molecular complexity index is 2100. The Morgan fingerprint density at radius 2 is 0.859 bits per heavy atom. The number of allylic oxidation sites excluding steroid dienone is 3. The van der Waals surface area contributed by atoms with Crippen LogP contribution in [-0.4, -0.2) is 273 Å². The Hall–Kier alpha value is -2.70. The fourth-order valence-electron chi connectivity index (χ4n) is 10.8. The molecule has 0 spiro atoms.